The maximum absolute atomic E-state index is 13.3. The van der Waals surface area contributed by atoms with E-state index in [2.05, 4.69) is 82.0 Å². The molecule has 0 radical (unpaired) electrons. The fourth-order valence-electron chi connectivity index (χ4n) is 13.5. The number of aromatic nitrogens is 16. The zero-order valence-corrected chi connectivity index (χ0v) is 76.8. The third kappa shape index (κ3) is 25.6. The van der Waals surface area contributed by atoms with Crippen molar-refractivity contribution in [2.45, 2.75) is 91.0 Å². The van der Waals surface area contributed by atoms with Crippen LogP contribution >= 0.6 is 62.3 Å². The number of hydrogen-bond acceptors (Lipinski definition) is 21. The van der Waals surface area contributed by atoms with Gasteiger partial charge in [0.15, 0.2) is 28.5 Å². The number of aliphatic carboxylic acids is 1. The Kier molecular flexibility index (Phi) is 38.1. The summed E-state index contributed by atoms with van der Waals surface area (Å²) >= 11 is 29.1. The molecule has 0 unspecified atom stereocenters. The Morgan fingerprint density at radius 3 is 1.01 bits per heavy atom. The second-order valence-corrected chi connectivity index (χ2v) is 31.2. The molecule has 6 heterocycles. The molecule has 6 aromatic heterocycles. The predicted molar refractivity (Wildman–Crippen MR) is 532 cm³/mol. The number of aryl methyl sites for hydroxylation is 2. The summed E-state index contributed by atoms with van der Waals surface area (Å²) in [5.41, 5.74) is 23.4. The van der Waals surface area contributed by atoms with Gasteiger partial charge in [-0.15, -0.1) is 20.4 Å². The van der Waals surface area contributed by atoms with E-state index in [1.807, 2.05) is 198 Å². The fourth-order valence-corrected chi connectivity index (χ4v) is 14.7. The van der Waals surface area contributed by atoms with Crippen molar-refractivity contribution in [1.82, 2.24) is 79.5 Å². The highest BCUT2D eigenvalue weighted by molar-refractivity contribution is 9.10. The number of methoxy groups -OCH3 is 1. The highest BCUT2D eigenvalue weighted by atomic mass is 79.9. The SMILES string of the molecule is C.C.C.C.CCOC(=O)c1nn(-c2ccccc2Cl)c(-c2ccc(-c3nnn(C)n3)cc2)c1C.CCOC(=O)c1nn(-c2ccccc2Cl)c(-c2ccc(Br)cc2)c1C.COC(=O)Cc1ccc(N)cc1.Cc1c(C(=O)Nc2ccc(CC(=O)O)cc2)nn(-c2ccccc2Cl)c1-c1ccc(-c2nnn(C)n2)cc1.[C-]#[N+]c1ccc(-c2c(C)c(C(=O)OCC)nn2-c2ccccc2Cl)cc1. The fraction of sp³-hybridized carbons (Fsp3) is 0.190. The minimum Gasteiger partial charge on any atom is -0.481 e. The number of carbonyl (C=O) groups is 6. The lowest BCUT2D eigenvalue weighted by molar-refractivity contribution is -0.140. The summed E-state index contributed by atoms with van der Waals surface area (Å²) in [7, 11) is 4.79. The van der Waals surface area contributed by atoms with Gasteiger partial charge < -0.3 is 35.1 Å². The molecule has 0 atom stereocenters. The largest absolute Gasteiger partial charge is 0.481 e. The monoisotopic (exact) mass is 1960 g/mol. The second-order valence-electron chi connectivity index (χ2n) is 28.6. The maximum Gasteiger partial charge on any atom is 0.359 e. The Bertz CT molecular complexity index is 6850. The van der Waals surface area contributed by atoms with Gasteiger partial charge >= 0.3 is 29.8 Å². The third-order valence-electron chi connectivity index (χ3n) is 19.8. The summed E-state index contributed by atoms with van der Waals surface area (Å²) in [5.74, 6) is -1.91. The molecule has 0 aliphatic heterocycles. The van der Waals surface area contributed by atoms with Gasteiger partial charge in [0.1, 0.15) is 0 Å². The number of carboxylic acid groups (broad SMARTS) is 1. The topological polar surface area (TPSA) is 360 Å². The molecule has 696 valence electrons. The Morgan fingerprint density at radius 2 is 0.711 bits per heavy atom. The number of esters is 4. The van der Waals surface area contributed by atoms with Gasteiger partial charge in [0, 0.05) is 65.9 Å². The summed E-state index contributed by atoms with van der Waals surface area (Å²) < 4.78 is 27.6. The van der Waals surface area contributed by atoms with E-state index in [1.165, 1.54) is 16.7 Å². The molecular weight excluding hydrogens is 1860 g/mol. The lowest BCUT2D eigenvalue weighted by Gasteiger charge is -2.10. The molecular formula is C100H100BrCl4N19O11. The highest BCUT2D eigenvalue weighted by Crippen LogP contribution is 2.39. The first-order valence-corrected chi connectivity index (χ1v) is 42.8. The van der Waals surface area contributed by atoms with Crippen LogP contribution in [0.1, 0.15) is 126 Å². The van der Waals surface area contributed by atoms with Crippen LogP contribution in [0.5, 0.6) is 0 Å². The molecule has 0 bridgehead atoms. The zero-order chi connectivity index (χ0) is 93.7. The van der Waals surface area contributed by atoms with Crippen LogP contribution in [-0.4, -0.2) is 147 Å². The first kappa shape index (κ1) is 105. The van der Waals surface area contributed by atoms with Gasteiger partial charge in [-0.3, -0.25) is 14.4 Å². The average molecular weight is 1970 g/mol. The van der Waals surface area contributed by atoms with Crippen LogP contribution in [0.25, 0.3) is 95.4 Å². The average Bonchev–Trinajstić information content (AvgIpc) is 1.64. The van der Waals surface area contributed by atoms with E-state index in [4.69, 9.17) is 78.0 Å². The number of rotatable bonds is 22. The van der Waals surface area contributed by atoms with E-state index in [9.17, 15) is 28.8 Å². The van der Waals surface area contributed by atoms with Gasteiger partial charge in [-0.25, -0.2) is 38.0 Å². The number of nitrogen functional groups attached to an aromatic ring is 1. The smallest absolute Gasteiger partial charge is 0.359 e. The molecule has 1 amide bonds. The Morgan fingerprint density at radius 1 is 0.415 bits per heavy atom. The molecule has 135 heavy (non-hydrogen) atoms. The normalized spacial score (nSPS) is 10.3. The number of nitrogens with one attached hydrogen (secondary N) is 1. The van der Waals surface area contributed by atoms with Gasteiger partial charge in [-0.1, -0.05) is 250 Å². The van der Waals surface area contributed by atoms with Gasteiger partial charge in [-0.2, -0.15) is 30.0 Å². The summed E-state index contributed by atoms with van der Waals surface area (Å²) in [5, 5.41) is 56.4. The molecule has 10 aromatic carbocycles. The van der Waals surface area contributed by atoms with E-state index < -0.39 is 29.8 Å². The van der Waals surface area contributed by atoms with Gasteiger partial charge in [0.2, 0.25) is 11.6 Å². The summed E-state index contributed by atoms with van der Waals surface area (Å²) in [6.45, 7) is 20.6. The van der Waals surface area contributed by atoms with E-state index in [0.29, 0.717) is 118 Å². The molecule has 0 aliphatic rings. The number of amides is 1. The lowest BCUT2D eigenvalue weighted by Crippen LogP contribution is -2.14. The van der Waals surface area contributed by atoms with Crippen molar-refractivity contribution in [2.75, 3.05) is 38.0 Å². The van der Waals surface area contributed by atoms with E-state index in [-0.39, 0.29) is 72.4 Å². The number of tetrazole rings is 2. The lowest BCUT2D eigenvalue weighted by atomic mass is 10.0. The summed E-state index contributed by atoms with van der Waals surface area (Å²) in [4.78, 5) is 78.3. The van der Waals surface area contributed by atoms with Crippen molar-refractivity contribution in [3.63, 3.8) is 0 Å². The summed E-state index contributed by atoms with van der Waals surface area (Å²) in [6.07, 6.45) is 0.210. The molecule has 0 spiro atoms. The predicted octanol–water partition coefficient (Wildman–Crippen LogP) is 22.6. The number of carbonyl (C=O) groups excluding carboxylic acids is 5. The summed E-state index contributed by atoms with van der Waals surface area (Å²) in [6, 6.07) is 73.3. The van der Waals surface area contributed by atoms with Crippen molar-refractivity contribution in [1.29, 1.82) is 0 Å². The minimum absolute atomic E-state index is 0. The Hall–Kier alpha value is -15.1. The van der Waals surface area contributed by atoms with Crippen molar-refractivity contribution in [3.05, 3.63) is 335 Å². The molecule has 35 heteroatoms. The molecule has 0 fully saturated rings. The molecule has 16 rings (SSSR count). The molecule has 30 nitrogen and oxygen atoms in total. The Labute approximate surface area is 810 Å². The standard InChI is InChI=1S/C27H22ClN7O3.C21H19ClN6O2.C20H16ClN3O2.C19H16BrClN2O2.C9H11NO2.4CH4/c1-16-24(27(38)29-20-13-7-17(8-14-20)15-23(36)37)31-35(22-6-4-3-5-21(22)28)25(16)18-9-11-19(12-10-18)26-30-33-34(2)32-26;1-4-30-21(29)18-13(2)19(28(24-18)17-8-6-5-7-16(17)22)14-9-11-15(12-10-14)20-23-26-27(3)25-20;1-4-26-20(25)18-13(2)19(14-9-11-15(22-3)12-10-14)24(23-18)17-8-6-5-7-16(17)21;1-3-25-19(24)17-12(2)18(13-8-10-14(20)11-9-13)23(22-17)16-7-5-4-6-15(16)21;1-12-9(11)6-7-2-4-8(10)5-3-7;;;;/h3-14H,15H2,1-2H3,(H,29,38)(H,36,37);5-12H,4H2,1-3H3;5-12H,4H2,1-2H3;4-11H,3H2,1-2H3;2-5H,6,10H2,1H3;4*1H4. The molecule has 0 aliphatic carbocycles. The number of nitrogens with zero attached hydrogens (tertiary/aromatic N) is 17. The van der Waals surface area contributed by atoms with Gasteiger partial charge in [-0.05, 0) is 161 Å². The van der Waals surface area contributed by atoms with Crippen LogP contribution in [-0.2, 0) is 55.5 Å². The van der Waals surface area contributed by atoms with Crippen molar-refractivity contribution < 1.29 is 52.8 Å². The minimum atomic E-state index is -0.920. The number of nitrogens with two attached hydrogens (primary N) is 1. The van der Waals surface area contributed by atoms with Crippen molar-refractivity contribution in [3.8, 4) is 90.6 Å². The van der Waals surface area contributed by atoms with E-state index >= 15 is 0 Å². The number of benzene rings is 10. The second kappa shape index (κ2) is 48.9. The van der Waals surface area contributed by atoms with Crippen LogP contribution in [0.3, 0.4) is 0 Å². The number of anilines is 2. The zero-order valence-electron chi connectivity index (χ0n) is 72.2. The highest BCUT2D eigenvalue weighted by Gasteiger charge is 2.30. The van der Waals surface area contributed by atoms with Crippen LogP contribution in [0.15, 0.2) is 247 Å². The number of hydrogen-bond donors (Lipinski definition) is 3. The van der Waals surface area contributed by atoms with Crippen LogP contribution in [0.2, 0.25) is 20.1 Å². The number of carboxylic acids is 1. The van der Waals surface area contributed by atoms with Gasteiger partial charge in [0.05, 0.1) is 126 Å². The van der Waals surface area contributed by atoms with Crippen LogP contribution in [0.4, 0.5) is 17.1 Å². The van der Waals surface area contributed by atoms with E-state index in [0.717, 1.165) is 66.1 Å². The van der Waals surface area contributed by atoms with Crippen LogP contribution < -0.4 is 11.1 Å². The quantitative estimate of drug-likeness (QED) is 0.0245. The van der Waals surface area contributed by atoms with Crippen molar-refractivity contribution >= 4 is 115 Å². The van der Waals surface area contributed by atoms with Crippen molar-refractivity contribution in [2.24, 2.45) is 14.1 Å². The van der Waals surface area contributed by atoms with Crippen LogP contribution in [0, 0.1) is 34.3 Å². The number of para-hydroxylation sites is 4. The van der Waals surface area contributed by atoms with E-state index in [1.54, 1.807) is 126 Å². The number of halogens is 5. The first-order chi connectivity index (χ1) is 63.1. The number of ether oxygens (including phenoxy) is 4. The third-order valence-corrected chi connectivity index (χ3v) is 21.6. The molecule has 16 aromatic rings. The molecule has 0 saturated heterocycles. The van der Waals surface area contributed by atoms with Gasteiger partial charge in [0.25, 0.3) is 5.91 Å². The Balaban J connectivity index is 0.000000213. The first-order valence-electron chi connectivity index (χ1n) is 40.5. The molecule has 0 saturated carbocycles. The molecule has 4 N–H and O–H groups in total. The maximum atomic E-state index is 13.3.